The molecule has 276 valence electrons. The van der Waals surface area contributed by atoms with Crippen LogP contribution < -0.4 is 16.0 Å². The van der Waals surface area contributed by atoms with Crippen molar-refractivity contribution in [1.29, 1.82) is 0 Å². The number of hydrogen-bond donors (Lipinski definition) is 7. The number of phenols is 2. The predicted octanol–water partition coefficient (Wildman–Crippen LogP) is 7.57. The van der Waals surface area contributed by atoms with Crippen molar-refractivity contribution in [3.63, 3.8) is 0 Å². The minimum absolute atomic E-state index is 0. The van der Waals surface area contributed by atoms with Crippen molar-refractivity contribution in [1.82, 2.24) is 0 Å². The number of rotatable bonds is 9. The number of anilines is 3. The first-order valence-corrected chi connectivity index (χ1v) is 18.3. The van der Waals surface area contributed by atoms with E-state index in [0.717, 1.165) is 12.1 Å². The van der Waals surface area contributed by atoms with E-state index in [1.54, 1.807) is 30.3 Å². The molecule has 0 spiro atoms. The Morgan fingerprint density at radius 1 is 0.536 bits per heavy atom. The van der Waals surface area contributed by atoms with Crippen LogP contribution in [-0.2, 0) is 25.0 Å². The number of amides is 3. The van der Waals surface area contributed by atoms with E-state index in [9.17, 15) is 45.7 Å². The Labute approximate surface area is 363 Å². The van der Waals surface area contributed by atoms with Gasteiger partial charge >= 0.3 is 6.03 Å². The Hall–Kier alpha value is -4.80. The summed E-state index contributed by atoms with van der Waals surface area (Å²) >= 11 is 0. The number of carbonyl (C=O) groups is 2. The molecule has 0 aliphatic rings. The molecule has 0 aliphatic carbocycles. The first kappa shape index (κ1) is 43.9. The van der Waals surface area contributed by atoms with Gasteiger partial charge in [0.1, 0.15) is 21.2 Å². The second-order valence-corrected chi connectivity index (χ2v) is 14.3. The van der Waals surface area contributed by atoms with E-state index in [1.807, 2.05) is 0 Å². The van der Waals surface area contributed by atoms with Gasteiger partial charge in [-0.15, -0.1) is 10.2 Å². The monoisotopic (exact) mass is 815 g/mol. The standard InChI is InChI=1S/C35H27N7O10S2.2Na/c1-19(43)36-22-7-9-24(10-8-22)40-42-32-30(54(50,51)52)18-21-16-26(12-14-28(21)34(32)45)38-35(46)37-25-11-13-27-20(15-25)17-29(53(47,48)49)31(33(27)44)41-39-23-5-3-2-4-6-23;;/h2-18,44-45H,1H3,(H,36,43)(H2,37,38,46)(H,47,48,49)(H,50,51,52);;. The van der Waals surface area contributed by atoms with Gasteiger partial charge < -0.3 is 26.2 Å². The van der Waals surface area contributed by atoms with Gasteiger partial charge in [0.05, 0.1) is 11.4 Å². The zero-order valence-corrected chi connectivity index (χ0v) is 35.3. The van der Waals surface area contributed by atoms with E-state index in [2.05, 4.69) is 36.4 Å². The second-order valence-electron chi connectivity index (χ2n) is 11.5. The number of urea groups is 1. The van der Waals surface area contributed by atoms with E-state index in [4.69, 9.17) is 0 Å². The number of nitrogens with one attached hydrogen (secondary N) is 3. The van der Waals surface area contributed by atoms with E-state index < -0.39 is 58.9 Å². The van der Waals surface area contributed by atoms with Crippen molar-refractivity contribution in [2.24, 2.45) is 20.5 Å². The minimum Gasteiger partial charge on any atom is -0.505 e. The molecule has 21 heteroatoms. The molecular weight excluding hydrogens is 789 g/mol. The second kappa shape index (κ2) is 18.0. The van der Waals surface area contributed by atoms with Crippen molar-refractivity contribution in [2.75, 3.05) is 16.0 Å². The van der Waals surface area contributed by atoms with Gasteiger partial charge in [0.25, 0.3) is 20.2 Å². The number of benzene rings is 6. The fraction of sp³-hybridized carbons (Fsp3) is 0.0286. The van der Waals surface area contributed by atoms with Gasteiger partial charge in [-0.1, -0.05) is 18.2 Å². The van der Waals surface area contributed by atoms with Crippen molar-refractivity contribution in [3.05, 3.63) is 103 Å². The summed E-state index contributed by atoms with van der Waals surface area (Å²) in [5.41, 5.74) is 0.336. The van der Waals surface area contributed by atoms with Crippen LogP contribution in [0.15, 0.2) is 133 Å². The Balaban J connectivity index is 0.00000348. The normalized spacial score (nSPS) is 11.6. The number of aromatic hydroxyl groups is 2. The third-order valence-corrected chi connectivity index (χ3v) is 9.38. The molecule has 0 aromatic heterocycles. The predicted molar refractivity (Wildman–Crippen MR) is 211 cm³/mol. The molecule has 0 saturated heterocycles. The molecule has 17 nitrogen and oxygen atoms in total. The Morgan fingerprint density at radius 2 is 0.946 bits per heavy atom. The van der Waals surface area contributed by atoms with Gasteiger partial charge in [0.15, 0.2) is 11.5 Å². The number of phenolic OH excluding ortho intramolecular Hbond substituents is 2. The molecule has 0 aliphatic heterocycles. The number of carbonyl (C=O) groups excluding carboxylic acids is 2. The van der Waals surface area contributed by atoms with E-state index >= 15 is 0 Å². The Kier molecular flexibility index (Phi) is 14.1. The summed E-state index contributed by atoms with van der Waals surface area (Å²) in [6.07, 6.45) is 0. The Bertz CT molecular complexity index is 2770. The molecule has 0 fully saturated rings. The van der Waals surface area contributed by atoms with Gasteiger partial charge in [-0.05, 0) is 95.7 Å². The maximum Gasteiger partial charge on any atom is 0.323 e. The maximum absolute atomic E-state index is 13.0. The topological polar surface area (TPSA) is 269 Å². The first-order chi connectivity index (χ1) is 25.6. The summed E-state index contributed by atoms with van der Waals surface area (Å²) in [5.74, 6) is -1.49. The summed E-state index contributed by atoms with van der Waals surface area (Å²) in [5, 5.41) is 45.7. The van der Waals surface area contributed by atoms with Crippen LogP contribution in [0, 0.1) is 0 Å². The summed E-state index contributed by atoms with van der Waals surface area (Å²) in [7, 11) is -9.84. The van der Waals surface area contributed by atoms with Gasteiger partial charge in [-0.2, -0.15) is 27.1 Å². The summed E-state index contributed by atoms with van der Waals surface area (Å²) in [6, 6.07) is 23.9. The van der Waals surface area contributed by atoms with Gasteiger partial charge in [-0.3, -0.25) is 13.9 Å². The fourth-order valence-electron chi connectivity index (χ4n) is 5.26. The number of azo groups is 2. The van der Waals surface area contributed by atoms with E-state index in [0.29, 0.717) is 11.4 Å². The molecule has 0 heterocycles. The minimum atomic E-state index is -4.94. The van der Waals surface area contributed by atoms with Crippen molar-refractivity contribution < 1.29 is 45.7 Å². The van der Waals surface area contributed by atoms with E-state index in [1.165, 1.54) is 67.6 Å². The molecular formula is C35H27N7Na2O10S2. The number of nitrogens with zero attached hydrogens (tertiary/aromatic N) is 4. The molecule has 0 bridgehead atoms. The van der Waals surface area contributed by atoms with E-state index in [-0.39, 0.29) is 104 Å². The van der Waals surface area contributed by atoms with Crippen molar-refractivity contribution >= 4 is 153 Å². The molecule has 0 saturated carbocycles. The van der Waals surface area contributed by atoms with Crippen LogP contribution in [0.3, 0.4) is 0 Å². The molecule has 0 atom stereocenters. The summed E-state index contributed by atoms with van der Waals surface area (Å²) in [4.78, 5) is 22.8. The van der Waals surface area contributed by atoms with Crippen LogP contribution in [-0.4, -0.2) is 107 Å². The average Bonchev–Trinajstić information content (AvgIpc) is 3.10. The first-order valence-electron chi connectivity index (χ1n) is 15.5. The van der Waals surface area contributed by atoms with Crippen LogP contribution in [0.25, 0.3) is 21.5 Å². The molecule has 2 radical (unpaired) electrons. The van der Waals surface area contributed by atoms with Crippen LogP contribution in [0.5, 0.6) is 11.5 Å². The third-order valence-electron chi connectivity index (χ3n) is 7.65. The third kappa shape index (κ3) is 10.3. The van der Waals surface area contributed by atoms with Crippen molar-refractivity contribution in [2.45, 2.75) is 16.7 Å². The number of hydrogen-bond acceptors (Lipinski definition) is 12. The zero-order valence-electron chi connectivity index (χ0n) is 29.7. The SMILES string of the molecule is CC(=O)Nc1ccc(N=Nc2c(S(=O)(=O)O)cc3cc(NC(=O)Nc4ccc5c(O)c(N=Nc6ccccc6)c(S(=O)(=O)O)cc5c4)ccc3c2O)cc1.[Na].[Na]. The molecule has 56 heavy (non-hydrogen) atoms. The average molecular weight is 816 g/mol. The fourth-order valence-corrected chi connectivity index (χ4v) is 6.58. The van der Waals surface area contributed by atoms with Gasteiger partial charge in [-0.25, -0.2) is 4.79 Å². The number of fused-ring (bicyclic) bond motifs is 2. The zero-order chi connectivity index (χ0) is 38.8. The van der Waals surface area contributed by atoms with Gasteiger partial charge in [0.2, 0.25) is 5.91 Å². The molecule has 0 unspecified atom stereocenters. The Morgan fingerprint density at radius 3 is 1.36 bits per heavy atom. The van der Waals surface area contributed by atoms with Gasteiger partial charge in [0, 0.05) is 93.9 Å². The van der Waals surface area contributed by atoms with Crippen LogP contribution in [0.2, 0.25) is 0 Å². The van der Waals surface area contributed by atoms with Crippen LogP contribution in [0.1, 0.15) is 6.92 Å². The molecule has 7 N–H and O–H groups in total. The molecule has 6 aromatic carbocycles. The summed E-state index contributed by atoms with van der Waals surface area (Å²) < 4.78 is 69.0. The molecule has 3 amide bonds. The van der Waals surface area contributed by atoms with Crippen LogP contribution >= 0.6 is 0 Å². The van der Waals surface area contributed by atoms with Crippen LogP contribution in [0.4, 0.5) is 44.6 Å². The largest absolute Gasteiger partial charge is 0.505 e. The summed E-state index contributed by atoms with van der Waals surface area (Å²) in [6.45, 7) is 1.34. The van der Waals surface area contributed by atoms with Crippen molar-refractivity contribution in [3.8, 4) is 11.5 Å². The molecule has 6 rings (SSSR count). The quantitative estimate of drug-likeness (QED) is 0.0427. The smallest absolute Gasteiger partial charge is 0.323 e. The molecule has 6 aromatic rings. The maximum atomic E-state index is 13.0.